The van der Waals surface area contributed by atoms with Crippen LogP contribution >= 0.6 is 0 Å². The highest BCUT2D eigenvalue weighted by Crippen LogP contribution is 2.19. The second kappa shape index (κ2) is 3.13. The molecular weight excluding hydrogens is 152 g/mol. The number of ketones is 1. The van der Waals surface area contributed by atoms with Crippen LogP contribution in [0.15, 0.2) is 16.7 Å². The third-order valence-electron chi connectivity index (χ3n) is 2.37. The summed E-state index contributed by atoms with van der Waals surface area (Å²) in [6.07, 6.45) is 5.87. The van der Waals surface area contributed by atoms with E-state index in [0.717, 1.165) is 31.4 Å². The Kier molecular flexibility index (Phi) is 1.98. The van der Waals surface area contributed by atoms with Crippen molar-refractivity contribution in [1.29, 1.82) is 0 Å². The average Bonchev–Trinajstić information content (AvgIpc) is 2.45. The minimum absolute atomic E-state index is 0.391. The van der Waals surface area contributed by atoms with Gasteiger partial charge in [-0.2, -0.15) is 0 Å². The SMILES string of the molecule is O=C1CCCc2occc2CC1. The number of hydrogen-bond donors (Lipinski definition) is 0. The van der Waals surface area contributed by atoms with Crippen LogP contribution in [0.4, 0.5) is 0 Å². The standard InChI is InChI=1S/C10H12O2/c11-9-2-1-3-10-8(4-5-9)6-7-12-10/h6-7H,1-5H2. The highest BCUT2D eigenvalue weighted by atomic mass is 16.3. The summed E-state index contributed by atoms with van der Waals surface area (Å²) in [4.78, 5) is 11.1. The van der Waals surface area contributed by atoms with E-state index >= 15 is 0 Å². The molecule has 0 bridgehead atoms. The Bertz CT molecular complexity index is 286. The number of aryl methyl sites for hydroxylation is 2. The van der Waals surface area contributed by atoms with Crippen molar-refractivity contribution < 1.29 is 9.21 Å². The molecule has 0 saturated heterocycles. The largest absolute Gasteiger partial charge is 0.469 e. The van der Waals surface area contributed by atoms with Gasteiger partial charge in [-0.05, 0) is 24.5 Å². The van der Waals surface area contributed by atoms with E-state index in [4.69, 9.17) is 4.42 Å². The molecule has 0 fully saturated rings. The van der Waals surface area contributed by atoms with Gasteiger partial charge in [-0.3, -0.25) is 4.79 Å². The molecule has 1 aromatic heterocycles. The van der Waals surface area contributed by atoms with Crippen LogP contribution in [0.25, 0.3) is 0 Å². The molecule has 0 aliphatic heterocycles. The minimum Gasteiger partial charge on any atom is -0.469 e. The predicted molar refractivity (Wildman–Crippen MR) is 45.0 cm³/mol. The van der Waals surface area contributed by atoms with Crippen LogP contribution in [-0.4, -0.2) is 5.78 Å². The summed E-state index contributed by atoms with van der Waals surface area (Å²) in [6, 6.07) is 1.98. The van der Waals surface area contributed by atoms with Crippen LogP contribution < -0.4 is 0 Å². The Labute approximate surface area is 71.6 Å². The number of Topliss-reactive ketones (excluding diaryl/α,β-unsaturated/α-hetero) is 1. The number of rotatable bonds is 0. The topological polar surface area (TPSA) is 30.2 Å². The van der Waals surface area contributed by atoms with Gasteiger partial charge in [-0.15, -0.1) is 0 Å². The maximum atomic E-state index is 11.1. The molecule has 2 nitrogen and oxygen atoms in total. The summed E-state index contributed by atoms with van der Waals surface area (Å²) in [6.45, 7) is 0. The van der Waals surface area contributed by atoms with Crippen LogP contribution in [0, 0.1) is 0 Å². The highest BCUT2D eigenvalue weighted by Gasteiger charge is 2.12. The number of hydrogen-bond acceptors (Lipinski definition) is 2. The maximum absolute atomic E-state index is 11.1. The first kappa shape index (κ1) is 7.59. The molecule has 0 spiro atoms. The molecular formula is C10H12O2. The molecule has 1 aliphatic rings. The summed E-state index contributed by atoms with van der Waals surface area (Å²) in [5.41, 5.74) is 1.23. The van der Waals surface area contributed by atoms with Crippen molar-refractivity contribution in [2.45, 2.75) is 32.1 Å². The Hall–Kier alpha value is -1.05. The molecule has 0 N–H and O–H groups in total. The molecule has 0 unspecified atom stereocenters. The van der Waals surface area contributed by atoms with E-state index in [1.807, 2.05) is 6.07 Å². The van der Waals surface area contributed by atoms with Crippen molar-refractivity contribution in [2.24, 2.45) is 0 Å². The second-order valence-electron chi connectivity index (χ2n) is 3.26. The average molecular weight is 164 g/mol. The van der Waals surface area contributed by atoms with Crippen molar-refractivity contribution in [3.63, 3.8) is 0 Å². The van der Waals surface area contributed by atoms with E-state index in [0.29, 0.717) is 12.2 Å². The van der Waals surface area contributed by atoms with E-state index < -0.39 is 0 Å². The molecule has 0 amide bonds. The van der Waals surface area contributed by atoms with Gasteiger partial charge in [0.25, 0.3) is 0 Å². The summed E-state index contributed by atoms with van der Waals surface area (Å²) in [7, 11) is 0. The molecule has 2 heteroatoms. The third-order valence-corrected chi connectivity index (χ3v) is 2.37. The van der Waals surface area contributed by atoms with E-state index in [1.54, 1.807) is 6.26 Å². The van der Waals surface area contributed by atoms with E-state index in [1.165, 1.54) is 5.56 Å². The fourth-order valence-electron chi connectivity index (χ4n) is 1.65. The van der Waals surface area contributed by atoms with Gasteiger partial charge in [0.15, 0.2) is 0 Å². The molecule has 0 saturated carbocycles. The summed E-state index contributed by atoms with van der Waals surface area (Å²) >= 11 is 0. The fourth-order valence-corrected chi connectivity index (χ4v) is 1.65. The molecule has 0 radical (unpaired) electrons. The smallest absolute Gasteiger partial charge is 0.133 e. The molecule has 64 valence electrons. The van der Waals surface area contributed by atoms with Crippen molar-refractivity contribution in [3.8, 4) is 0 Å². The van der Waals surface area contributed by atoms with Gasteiger partial charge in [-0.1, -0.05) is 0 Å². The second-order valence-corrected chi connectivity index (χ2v) is 3.26. The Balaban J connectivity index is 2.19. The fraction of sp³-hybridized carbons (Fsp3) is 0.500. The van der Waals surface area contributed by atoms with Crippen molar-refractivity contribution in [2.75, 3.05) is 0 Å². The molecule has 1 aliphatic carbocycles. The van der Waals surface area contributed by atoms with Crippen molar-refractivity contribution in [3.05, 3.63) is 23.7 Å². The summed E-state index contributed by atoms with van der Waals surface area (Å²) in [5.74, 6) is 1.48. The van der Waals surface area contributed by atoms with E-state index in [2.05, 4.69) is 0 Å². The van der Waals surface area contributed by atoms with E-state index in [9.17, 15) is 4.79 Å². The van der Waals surface area contributed by atoms with Gasteiger partial charge in [0.2, 0.25) is 0 Å². The van der Waals surface area contributed by atoms with Crippen LogP contribution in [-0.2, 0) is 17.6 Å². The zero-order chi connectivity index (χ0) is 8.39. The quantitative estimate of drug-likeness (QED) is 0.588. The Morgan fingerprint density at radius 2 is 2.08 bits per heavy atom. The lowest BCUT2D eigenvalue weighted by Gasteiger charge is -2.06. The predicted octanol–water partition coefficient (Wildman–Crippen LogP) is 2.12. The van der Waals surface area contributed by atoms with Crippen LogP contribution in [0.2, 0.25) is 0 Å². The first-order valence-corrected chi connectivity index (χ1v) is 4.43. The Morgan fingerprint density at radius 1 is 1.17 bits per heavy atom. The zero-order valence-corrected chi connectivity index (χ0v) is 7.01. The monoisotopic (exact) mass is 164 g/mol. The molecule has 1 aromatic rings. The molecule has 2 rings (SSSR count). The van der Waals surface area contributed by atoms with Crippen molar-refractivity contribution >= 4 is 5.78 Å². The molecule has 0 atom stereocenters. The van der Waals surface area contributed by atoms with E-state index in [-0.39, 0.29) is 0 Å². The maximum Gasteiger partial charge on any atom is 0.133 e. The van der Waals surface area contributed by atoms with Crippen LogP contribution in [0.3, 0.4) is 0 Å². The first-order valence-electron chi connectivity index (χ1n) is 4.43. The number of fused-ring (bicyclic) bond motifs is 1. The van der Waals surface area contributed by atoms with Gasteiger partial charge in [0, 0.05) is 19.3 Å². The van der Waals surface area contributed by atoms with Gasteiger partial charge in [-0.25, -0.2) is 0 Å². The molecule has 12 heavy (non-hydrogen) atoms. The number of carbonyl (C=O) groups excluding carboxylic acids is 1. The number of furan rings is 1. The highest BCUT2D eigenvalue weighted by molar-refractivity contribution is 5.78. The van der Waals surface area contributed by atoms with Crippen molar-refractivity contribution in [1.82, 2.24) is 0 Å². The lowest BCUT2D eigenvalue weighted by atomic mass is 9.99. The van der Waals surface area contributed by atoms with Crippen LogP contribution in [0.1, 0.15) is 30.6 Å². The minimum atomic E-state index is 0.391. The lowest BCUT2D eigenvalue weighted by Crippen LogP contribution is -2.05. The van der Waals surface area contributed by atoms with Crippen LogP contribution in [0.5, 0.6) is 0 Å². The normalized spacial score (nSPS) is 18.2. The molecule has 0 aromatic carbocycles. The number of carbonyl (C=O) groups is 1. The summed E-state index contributed by atoms with van der Waals surface area (Å²) < 4.78 is 5.32. The van der Waals surface area contributed by atoms with Gasteiger partial charge in [0.1, 0.15) is 11.5 Å². The Morgan fingerprint density at radius 3 is 3.00 bits per heavy atom. The van der Waals surface area contributed by atoms with Gasteiger partial charge < -0.3 is 4.42 Å². The third kappa shape index (κ3) is 1.42. The lowest BCUT2D eigenvalue weighted by molar-refractivity contribution is -0.119. The molecule has 1 heterocycles. The first-order chi connectivity index (χ1) is 5.86. The summed E-state index contributed by atoms with van der Waals surface area (Å²) in [5, 5.41) is 0. The zero-order valence-electron chi connectivity index (χ0n) is 7.01. The van der Waals surface area contributed by atoms with Gasteiger partial charge >= 0.3 is 0 Å². The van der Waals surface area contributed by atoms with Gasteiger partial charge in [0.05, 0.1) is 6.26 Å².